The highest BCUT2D eigenvalue weighted by Crippen LogP contribution is 2.34. The molecule has 1 nitrogen and oxygen atoms in total. The van der Waals surface area contributed by atoms with Crippen LogP contribution in [0, 0.1) is 12.3 Å². The Kier molecular flexibility index (Phi) is 2.34. The van der Waals surface area contributed by atoms with Crippen molar-refractivity contribution in [1.29, 1.82) is 0 Å². The van der Waals surface area contributed by atoms with Crippen LogP contribution >= 0.6 is 15.9 Å². The fraction of sp³-hybridized carbons (Fsp3) is 0.500. The van der Waals surface area contributed by atoms with Crippen LogP contribution in [-0.4, -0.2) is 13.1 Å². The molecule has 0 unspecified atom stereocenters. The number of halogens is 1. The first-order chi connectivity index (χ1) is 6.46. The SMILES string of the molecule is Cc1cc(Br)cc(N2CC(C)(C)C2)c1. The second-order valence-electron chi connectivity index (χ2n) is 5.01. The zero-order valence-corrected chi connectivity index (χ0v) is 10.6. The maximum atomic E-state index is 3.54. The number of benzene rings is 1. The molecule has 1 aliphatic heterocycles. The molecule has 0 saturated carbocycles. The minimum atomic E-state index is 0.496. The van der Waals surface area contributed by atoms with Gasteiger partial charge < -0.3 is 4.90 Å². The highest BCUT2D eigenvalue weighted by atomic mass is 79.9. The molecule has 0 radical (unpaired) electrons. The molecular weight excluding hydrogens is 238 g/mol. The van der Waals surface area contributed by atoms with Gasteiger partial charge in [-0.25, -0.2) is 0 Å². The zero-order valence-electron chi connectivity index (χ0n) is 8.97. The molecule has 76 valence electrons. The summed E-state index contributed by atoms with van der Waals surface area (Å²) in [6.45, 7) is 9.10. The van der Waals surface area contributed by atoms with Crippen molar-refractivity contribution in [2.75, 3.05) is 18.0 Å². The van der Waals surface area contributed by atoms with E-state index in [0.29, 0.717) is 5.41 Å². The number of hydrogen-bond acceptors (Lipinski definition) is 1. The third-order valence-corrected chi connectivity index (χ3v) is 3.09. The van der Waals surface area contributed by atoms with Crippen LogP contribution in [0.5, 0.6) is 0 Å². The van der Waals surface area contributed by atoms with Crippen molar-refractivity contribution in [2.24, 2.45) is 5.41 Å². The van der Waals surface area contributed by atoms with Gasteiger partial charge in [-0.15, -0.1) is 0 Å². The molecule has 1 aromatic carbocycles. The molecule has 0 bridgehead atoms. The van der Waals surface area contributed by atoms with E-state index < -0.39 is 0 Å². The fourth-order valence-corrected chi connectivity index (χ4v) is 2.66. The van der Waals surface area contributed by atoms with Crippen molar-refractivity contribution in [3.63, 3.8) is 0 Å². The molecule has 1 fully saturated rings. The number of anilines is 1. The number of nitrogens with zero attached hydrogens (tertiary/aromatic N) is 1. The van der Waals surface area contributed by atoms with Gasteiger partial charge in [0, 0.05) is 23.2 Å². The highest BCUT2D eigenvalue weighted by molar-refractivity contribution is 9.10. The van der Waals surface area contributed by atoms with Crippen LogP contribution in [0.25, 0.3) is 0 Å². The van der Waals surface area contributed by atoms with E-state index in [1.165, 1.54) is 28.8 Å². The maximum absolute atomic E-state index is 3.54. The first kappa shape index (κ1) is 10.0. The predicted molar refractivity (Wildman–Crippen MR) is 64.9 cm³/mol. The molecule has 1 aromatic rings. The Morgan fingerprint density at radius 1 is 1.21 bits per heavy atom. The summed E-state index contributed by atoms with van der Waals surface area (Å²) < 4.78 is 1.18. The largest absolute Gasteiger partial charge is 0.370 e. The summed E-state index contributed by atoms with van der Waals surface area (Å²) in [5.41, 5.74) is 3.16. The van der Waals surface area contributed by atoms with Crippen LogP contribution in [0.4, 0.5) is 5.69 Å². The summed E-state index contributed by atoms with van der Waals surface area (Å²) in [7, 11) is 0. The fourth-order valence-electron chi connectivity index (χ4n) is 2.07. The van der Waals surface area contributed by atoms with Crippen molar-refractivity contribution in [3.8, 4) is 0 Å². The molecule has 14 heavy (non-hydrogen) atoms. The molecule has 1 heterocycles. The zero-order chi connectivity index (χ0) is 10.3. The number of rotatable bonds is 1. The number of aryl methyl sites for hydroxylation is 1. The van der Waals surface area contributed by atoms with Crippen molar-refractivity contribution < 1.29 is 0 Å². The van der Waals surface area contributed by atoms with Gasteiger partial charge in [0.2, 0.25) is 0 Å². The molecule has 0 N–H and O–H groups in total. The van der Waals surface area contributed by atoms with Crippen LogP contribution in [0.2, 0.25) is 0 Å². The van der Waals surface area contributed by atoms with Crippen LogP contribution < -0.4 is 4.90 Å². The molecule has 2 rings (SSSR count). The molecule has 0 aliphatic carbocycles. The average Bonchev–Trinajstić information content (AvgIpc) is 1.97. The molecule has 0 amide bonds. The topological polar surface area (TPSA) is 3.24 Å². The third-order valence-electron chi connectivity index (χ3n) is 2.63. The Morgan fingerprint density at radius 3 is 2.36 bits per heavy atom. The molecule has 0 spiro atoms. The van der Waals surface area contributed by atoms with Gasteiger partial charge >= 0.3 is 0 Å². The normalized spacial score (nSPS) is 19.3. The van der Waals surface area contributed by atoms with E-state index in [4.69, 9.17) is 0 Å². The summed E-state index contributed by atoms with van der Waals surface area (Å²) >= 11 is 3.54. The Balaban J connectivity index is 2.18. The monoisotopic (exact) mass is 253 g/mol. The second kappa shape index (κ2) is 3.27. The van der Waals surface area contributed by atoms with Crippen LogP contribution in [0.1, 0.15) is 19.4 Å². The van der Waals surface area contributed by atoms with E-state index in [2.05, 4.69) is 59.8 Å². The quantitative estimate of drug-likeness (QED) is 0.740. The first-order valence-electron chi connectivity index (χ1n) is 4.98. The van der Waals surface area contributed by atoms with Gasteiger partial charge in [-0.05, 0) is 36.1 Å². The minimum Gasteiger partial charge on any atom is -0.370 e. The Hall–Kier alpha value is -0.500. The van der Waals surface area contributed by atoms with Crippen LogP contribution in [0.3, 0.4) is 0 Å². The van der Waals surface area contributed by atoms with Gasteiger partial charge in [0.15, 0.2) is 0 Å². The average molecular weight is 254 g/mol. The molecule has 1 aliphatic rings. The van der Waals surface area contributed by atoms with E-state index in [1.54, 1.807) is 0 Å². The lowest BCUT2D eigenvalue weighted by Crippen LogP contribution is -2.53. The number of hydrogen-bond donors (Lipinski definition) is 0. The van der Waals surface area contributed by atoms with Gasteiger partial charge in [0.25, 0.3) is 0 Å². The summed E-state index contributed by atoms with van der Waals surface area (Å²) in [6, 6.07) is 6.59. The molecule has 0 aromatic heterocycles. The van der Waals surface area contributed by atoms with Gasteiger partial charge in [-0.3, -0.25) is 0 Å². The van der Waals surface area contributed by atoms with Crippen LogP contribution in [-0.2, 0) is 0 Å². The lowest BCUT2D eigenvalue weighted by atomic mass is 9.84. The van der Waals surface area contributed by atoms with E-state index in [-0.39, 0.29) is 0 Å². The minimum absolute atomic E-state index is 0.496. The van der Waals surface area contributed by atoms with Gasteiger partial charge in [-0.2, -0.15) is 0 Å². The van der Waals surface area contributed by atoms with E-state index in [0.717, 1.165) is 0 Å². The van der Waals surface area contributed by atoms with Gasteiger partial charge in [-0.1, -0.05) is 29.8 Å². The van der Waals surface area contributed by atoms with E-state index >= 15 is 0 Å². The van der Waals surface area contributed by atoms with Crippen molar-refractivity contribution in [3.05, 3.63) is 28.2 Å². The second-order valence-corrected chi connectivity index (χ2v) is 5.92. The smallest absolute Gasteiger partial charge is 0.0380 e. The molecule has 1 saturated heterocycles. The third kappa shape index (κ3) is 1.95. The van der Waals surface area contributed by atoms with Crippen LogP contribution in [0.15, 0.2) is 22.7 Å². The van der Waals surface area contributed by atoms with Gasteiger partial charge in [0.05, 0.1) is 0 Å². The molecule has 2 heteroatoms. The molecular formula is C12H16BrN. The molecule has 0 atom stereocenters. The predicted octanol–water partition coefficient (Wildman–Crippen LogP) is 3.60. The van der Waals surface area contributed by atoms with E-state index in [1.807, 2.05) is 0 Å². The highest BCUT2D eigenvalue weighted by Gasteiger charge is 2.34. The Labute approximate surface area is 94.2 Å². The Morgan fingerprint density at radius 2 is 1.86 bits per heavy atom. The summed E-state index contributed by atoms with van der Waals surface area (Å²) in [5.74, 6) is 0. The summed E-state index contributed by atoms with van der Waals surface area (Å²) in [5, 5.41) is 0. The van der Waals surface area contributed by atoms with Crippen molar-refractivity contribution in [2.45, 2.75) is 20.8 Å². The van der Waals surface area contributed by atoms with Crippen molar-refractivity contribution in [1.82, 2.24) is 0 Å². The lowest BCUT2D eigenvalue weighted by Gasteiger charge is -2.47. The van der Waals surface area contributed by atoms with Gasteiger partial charge in [0.1, 0.15) is 0 Å². The van der Waals surface area contributed by atoms with E-state index in [9.17, 15) is 0 Å². The maximum Gasteiger partial charge on any atom is 0.0380 e. The summed E-state index contributed by atoms with van der Waals surface area (Å²) in [4.78, 5) is 2.43. The first-order valence-corrected chi connectivity index (χ1v) is 5.78. The van der Waals surface area contributed by atoms with Crippen molar-refractivity contribution >= 4 is 21.6 Å². The standard InChI is InChI=1S/C12H16BrN/c1-9-4-10(13)6-11(5-9)14-7-12(2,3)8-14/h4-6H,7-8H2,1-3H3. The lowest BCUT2D eigenvalue weighted by molar-refractivity contribution is 0.276. The Bertz CT molecular complexity index is 329. The summed E-state index contributed by atoms with van der Waals surface area (Å²) in [6.07, 6.45) is 0.